The predicted molar refractivity (Wildman–Crippen MR) is 66.8 cm³/mol. The minimum Gasteiger partial charge on any atom is -0.461 e. The minimum absolute atomic E-state index is 0. The molecule has 0 fully saturated rings. The van der Waals surface area contributed by atoms with Gasteiger partial charge in [0, 0.05) is 11.6 Å². The second kappa shape index (κ2) is 6.66. The first-order chi connectivity index (χ1) is 7.89. The van der Waals surface area contributed by atoms with Gasteiger partial charge in [-0.25, -0.2) is 4.79 Å². The molecule has 0 spiro atoms. The van der Waals surface area contributed by atoms with Crippen molar-refractivity contribution in [3.05, 3.63) is 35.4 Å². The van der Waals surface area contributed by atoms with Crippen LogP contribution in [-0.2, 0) is 15.5 Å². The van der Waals surface area contributed by atoms with E-state index in [4.69, 9.17) is 5.73 Å². The zero-order chi connectivity index (χ0) is 13.1. The predicted octanol–water partition coefficient (Wildman–Crippen LogP) is 2.78. The van der Waals surface area contributed by atoms with Crippen LogP contribution in [0.25, 0.3) is 0 Å². The molecule has 1 rings (SSSR count). The van der Waals surface area contributed by atoms with Gasteiger partial charge < -0.3 is 10.5 Å². The number of halogens is 3. The van der Waals surface area contributed by atoms with E-state index in [-0.39, 0.29) is 25.1 Å². The summed E-state index contributed by atoms with van der Waals surface area (Å²) in [5.74, 6) is -5.18. The standard InChI is InChI=1S/C12H15F2NO2.ClH/c1-3-17-11(16)12(13,14)10-6-4-5-9(7-10)8(2)15;/h4-8H,3,15H2,1-2H3;1H. The van der Waals surface area contributed by atoms with Crippen LogP contribution in [0.5, 0.6) is 0 Å². The van der Waals surface area contributed by atoms with E-state index >= 15 is 0 Å². The van der Waals surface area contributed by atoms with Crippen LogP contribution in [0, 0.1) is 0 Å². The number of ether oxygens (including phenoxy) is 1. The Bertz CT molecular complexity index is 411. The molecule has 0 bridgehead atoms. The Hall–Kier alpha value is -1.20. The van der Waals surface area contributed by atoms with Crippen molar-refractivity contribution >= 4 is 18.4 Å². The average molecular weight is 280 g/mol. The molecule has 0 saturated heterocycles. The van der Waals surface area contributed by atoms with E-state index in [2.05, 4.69) is 4.74 Å². The van der Waals surface area contributed by atoms with Gasteiger partial charge in [-0.05, 0) is 25.5 Å². The van der Waals surface area contributed by atoms with Crippen molar-refractivity contribution in [2.45, 2.75) is 25.8 Å². The molecular weight excluding hydrogens is 264 g/mol. The van der Waals surface area contributed by atoms with Gasteiger partial charge in [0.05, 0.1) is 6.61 Å². The maximum Gasteiger partial charge on any atom is 0.381 e. The van der Waals surface area contributed by atoms with E-state index in [1.165, 1.54) is 25.1 Å². The summed E-state index contributed by atoms with van der Waals surface area (Å²) in [5, 5.41) is 0. The summed E-state index contributed by atoms with van der Waals surface area (Å²) in [6.45, 7) is 3.08. The number of carbonyl (C=O) groups excluding carboxylic acids is 1. The monoisotopic (exact) mass is 279 g/mol. The molecule has 1 aromatic rings. The van der Waals surface area contributed by atoms with E-state index < -0.39 is 17.5 Å². The summed E-state index contributed by atoms with van der Waals surface area (Å²) >= 11 is 0. The Morgan fingerprint density at radius 3 is 2.61 bits per heavy atom. The Morgan fingerprint density at radius 2 is 2.11 bits per heavy atom. The molecule has 0 heterocycles. The van der Waals surface area contributed by atoms with Crippen LogP contribution in [0.2, 0.25) is 0 Å². The molecule has 0 aliphatic heterocycles. The fourth-order valence-corrected chi connectivity index (χ4v) is 1.36. The first-order valence-electron chi connectivity index (χ1n) is 5.30. The van der Waals surface area contributed by atoms with Gasteiger partial charge in [0.1, 0.15) is 0 Å². The Morgan fingerprint density at radius 1 is 1.50 bits per heavy atom. The van der Waals surface area contributed by atoms with E-state index in [0.29, 0.717) is 5.56 Å². The highest BCUT2D eigenvalue weighted by atomic mass is 35.5. The van der Waals surface area contributed by atoms with Crippen molar-refractivity contribution in [2.75, 3.05) is 6.61 Å². The van der Waals surface area contributed by atoms with Gasteiger partial charge in [-0.1, -0.05) is 18.2 Å². The molecule has 1 aromatic carbocycles. The number of benzene rings is 1. The fraction of sp³-hybridized carbons (Fsp3) is 0.417. The maximum absolute atomic E-state index is 13.7. The molecule has 102 valence electrons. The van der Waals surface area contributed by atoms with Gasteiger partial charge in [-0.3, -0.25) is 0 Å². The second-order valence-corrected chi connectivity index (χ2v) is 3.71. The summed E-state index contributed by atoms with van der Waals surface area (Å²) in [5.41, 5.74) is 5.75. The van der Waals surface area contributed by atoms with E-state index in [9.17, 15) is 13.6 Å². The highest BCUT2D eigenvalue weighted by Gasteiger charge is 2.42. The summed E-state index contributed by atoms with van der Waals surface area (Å²) in [7, 11) is 0. The highest BCUT2D eigenvalue weighted by molar-refractivity contribution is 5.85. The molecule has 3 nitrogen and oxygen atoms in total. The molecule has 6 heteroatoms. The number of alkyl halides is 2. The molecule has 1 atom stereocenters. The normalized spacial score (nSPS) is 12.5. The zero-order valence-electron chi connectivity index (χ0n) is 10.2. The lowest BCUT2D eigenvalue weighted by molar-refractivity contribution is -0.173. The van der Waals surface area contributed by atoms with Crippen molar-refractivity contribution in [2.24, 2.45) is 5.73 Å². The van der Waals surface area contributed by atoms with Gasteiger partial charge in [0.25, 0.3) is 0 Å². The van der Waals surface area contributed by atoms with Crippen molar-refractivity contribution in [1.82, 2.24) is 0 Å². The smallest absolute Gasteiger partial charge is 0.381 e. The first kappa shape index (κ1) is 16.8. The van der Waals surface area contributed by atoms with Crippen LogP contribution in [0.3, 0.4) is 0 Å². The van der Waals surface area contributed by atoms with Crippen molar-refractivity contribution in [1.29, 1.82) is 0 Å². The number of hydrogen-bond acceptors (Lipinski definition) is 3. The molecule has 0 aliphatic carbocycles. The van der Waals surface area contributed by atoms with Crippen LogP contribution in [0.4, 0.5) is 8.78 Å². The third kappa shape index (κ3) is 3.65. The van der Waals surface area contributed by atoms with Gasteiger partial charge in [-0.2, -0.15) is 8.78 Å². The van der Waals surface area contributed by atoms with E-state index in [1.807, 2.05) is 0 Å². The van der Waals surface area contributed by atoms with Crippen LogP contribution in [0.1, 0.15) is 31.0 Å². The maximum atomic E-state index is 13.7. The average Bonchev–Trinajstić information content (AvgIpc) is 2.29. The van der Waals surface area contributed by atoms with Crippen molar-refractivity contribution in [3.8, 4) is 0 Å². The molecule has 0 saturated carbocycles. The Kier molecular flexibility index (Phi) is 6.21. The van der Waals surface area contributed by atoms with Gasteiger partial charge in [0.15, 0.2) is 0 Å². The largest absolute Gasteiger partial charge is 0.461 e. The number of hydrogen-bond donors (Lipinski definition) is 1. The van der Waals surface area contributed by atoms with Crippen LogP contribution in [0.15, 0.2) is 24.3 Å². The van der Waals surface area contributed by atoms with Gasteiger partial charge in [0.2, 0.25) is 0 Å². The third-order valence-corrected chi connectivity index (χ3v) is 2.31. The summed E-state index contributed by atoms with van der Waals surface area (Å²) in [4.78, 5) is 11.1. The van der Waals surface area contributed by atoms with E-state index in [1.54, 1.807) is 13.0 Å². The Labute approximate surface area is 111 Å². The van der Waals surface area contributed by atoms with Crippen molar-refractivity contribution < 1.29 is 18.3 Å². The molecule has 0 amide bonds. The van der Waals surface area contributed by atoms with Gasteiger partial charge in [-0.15, -0.1) is 12.4 Å². The van der Waals surface area contributed by atoms with Crippen molar-refractivity contribution in [3.63, 3.8) is 0 Å². The quantitative estimate of drug-likeness (QED) is 0.862. The topological polar surface area (TPSA) is 52.3 Å². The van der Waals surface area contributed by atoms with Crippen LogP contribution >= 0.6 is 12.4 Å². The van der Waals surface area contributed by atoms with Crippen LogP contribution in [-0.4, -0.2) is 12.6 Å². The fourth-order valence-electron chi connectivity index (χ4n) is 1.36. The molecule has 0 aromatic heterocycles. The van der Waals surface area contributed by atoms with E-state index in [0.717, 1.165) is 0 Å². The molecular formula is C12H16ClF2NO2. The number of carbonyl (C=O) groups is 1. The van der Waals surface area contributed by atoms with Gasteiger partial charge >= 0.3 is 11.9 Å². The SMILES string of the molecule is CCOC(=O)C(F)(F)c1cccc(C(C)N)c1.Cl. The number of rotatable bonds is 4. The molecule has 18 heavy (non-hydrogen) atoms. The lowest BCUT2D eigenvalue weighted by Gasteiger charge is -2.16. The molecule has 1 unspecified atom stereocenters. The molecule has 0 aliphatic rings. The molecule has 0 radical (unpaired) electrons. The summed E-state index contributed by atoms with van der Waals surface area (Å²) in [6, 6.07) is 5.12. The molecule has 2 N–H and O–H groups in total. The van der Waals surface area contributed by atoms with Crippen LogP contribution < -0.4 is 5.73 Å². The zero-order valence-corrected chi connectivity index (χ0v) is 11.0. The number of esters is 1. The Balaban J connectivity index is 0.00000289. The minimum atomic E-state index is -3.64. The lowest BCUT2D eigenvalue weighted by atomic mass is 10.0. The first-order valence-corrected chi connectivity index (χ1v) is 5.30. The third-order valence-electron chi connectivity index (χ3n) is 2.31. The lowest BCUT2D eigenvalue weighted by Crippen LogP contribution is -2.28. The summed E-state index contributed by atoms with van der Waals surface area (Å²) in [6.07, 6.45) is 0. The highest BCUT2D eigenvalue weighted by Crippen LogP contribution is 2.30. The summed E-state index contributed by atoms with van der Waals surface area (Å²) < 4.78 is 31.7. The number of nitrogens with two attached hydrogens (primary N) is 1. The second-order valence-electron chi connectivity index (χ2n) is 3.71.